The third kappa shape index (κ3) is 4.38. The van der Waals surface area contributed by atoms with Gasteiger partial charge in [-0.15, -0.1) is 0 Å². The van der Waals surface area contributed by atoms with Crippen LogP contribution in [0.3, 0.4) is 0 Å². The Hall–Kier alpha value is -3.74. The minimum absolute atomic E-state index is 0.0382. The van der Waals surface area contributed by atoms with Gasteiger partial charge in [-0.05, 0) is 50.9 Å². The van der Waals surface area contributed by atoms with Crippen molar-refractivity contribution in [2.24, 2.45) is 0 Å². The first kappa shape index (κ1) is 22.1. The van der Waals surface area contributed by atoms with Crippen molar-refractivity contribution >= 4 is 43.3 Å². The van der Waals surface area contributed by atoms with Gasteiger partial charge in [0.2, 0.25) is 0 Å². The molecular formula is C31H22BrNO. The maximum Gasteiger partial charge on any atom is 0.163 e. The summed E-state index contributed by atoms with van der Waals surface area (Å²) in [5, 5.41) is 14.7. The summed E-state index contributed by atoms with van der Waals surface area (Å²) < 4.78 is 0.933. The van der Waals surface area contributed by atoms with Crippen LogP contribution in [0.2, 0.25) is 0 Å². The zero-order valence-corrected chi connectivity index (χ0v) is 20.1. The second-order valence-electron chi connectivity index (χ2n) is 8.53. The van der Waals surface area contributed by atoms with Crippen LogP contribution >= 0.6 is 15.9 Å². The third-order valence-electron chi connectivity index (χ3n) is 6.45. The largest absolute Gasteiger partial charge is 0.294 e. The Morgan fingerprint density at radius 3 is 2.26 bits per heavy atom. The second-order valence-corrected chi connectivity index (χ2v) is 9.44. The number of fused-ring (bicyclic) bond motifs is 2. The lowest BCUT2D eigenvalue weighted by molar-refractivity contribution is 0.0972. The fourth-order valence-corrected chi connectivity index (χ4v) is 5.16. The Kier molecular flexibility index (Phi) is 6.25. The van der Waals surface area contributed by atoms with E-state index in [9.17, 15) is 10.1 Å². The van der Waals surface area contributed by atoms with E-state index in [-0.39, 0.29) is 18.1 Å². The van der Waals surface area contributed by atoms with Gasteiger partial charge in [0.05, 0.1) is 12.0 Å². The Balaban J connectivity index is 1.58. The van der Waals surface area contributed by atoms with Crippen LogP contribution in [0.4, 0.5) is 0 Å². The van der Waals surface area contributed by atoms with Gasteiger partial charge in [0.15, 0.2) is 5.78 Å². The first-order valence-corrected chi connectivity index (χ1v) is 12.1. The summed E-state index contributed by atoms with van der Waals surface area (Å²) in [6.07, 6.45) is 0.246. The SMILES string of the molecule is N#CC(c1cccc2ccccc12)C(CC(=O)c1ccc2ccccc2c1)c1cccc(Br)c1. The molecule has 0 aliphatic heterocycles. The zero-order chi connectivity index (χ0) is 23.5. The van der Waals surface area contributed by atoms with Gasteiger partial charge in [-0.3, -0.25) is 4.79 Å². The lowest BCUT2D eigenvalue weighted by Gasteiger charge is -2.24. The van der Waals surface area contributed by atoms with Crippen LogP contribution < -0.4 is 0 Å². The van der Waals surface area contributed by atoms with Crippen molar-refractivity contribution < 1.29 is 4.79 Å². The molecule has 5 rings (SSSR count). The molecule has 5 aromatic carbocycles. The molecule has 0 bridgehead atoms. The van der Waals surface area contributed by atoms with Gasteiger partial charge >= 0.3 is 0 Å². The Labute approximate surface area is 207 Å². The van der Waals surface area contributed by atoms with E-state index in [4.69, 9.17) is 0 Å². The number of halogens is 1. The predicted molar refractivity (Wildman–Crippen MR) is 142 cm³/mol. The average molecular weight is 504 g/mol. The predicted octanol–water partition coefficient (Wildman–Crippen LogP) is 8.42. The molecule has 0 aliphatic carbocycles. The number of carbonyl (C=O) groups excluding carboxylic acids is 1. The number of rotatable bonds is 6. The van der Waals surface area contributed by atoms with Crippen molar-refractivity contribution in [3.8, 4) is 6.07 Å². The topological polar surface area (TPSA) is 40.9 Å². The summed E-state index contributed by atoms with van der Waals surface area (Å²) >= 11 is 3.57. The number of benzene rings is 5. The molecule has 2 nitrogen and oxygen atoms in total. The minimum atomic E-state index is -0.468. The van der Waals surface area contributed by atoms with Crippen LogP contribution in [0.25, 0.3) is 21.5 Å². The van der Waals surface area contributed by atoms with Gasteiger partial charge in [-0.25, -0.2) is 0 Å². The summed E-state index contributed by atoms with van der Waals surface area (Å²) in [5.41, 5.74) is 2.60. The van der Waals surface area contributed by atoms with Crippen molar-refractivity contribution in [1.29, 1.82) is 5.26 Å². The van der Waals surface area contributed by atoms with Crippen LogP contribution in [0.1, 0.15) is 39.7 Å². The number of nitriles is 1. The van der Waals surface area contributed by atoms with E-state index >= 15 is 0 Å². The fourth-order valence-electron chi connectivity index (χ4n) is 4.74. The summed E-state index contributed by atoms with van der Waals surface area (Å²) in [6.45, 7) is 0. The van der Waals surface area contributed by atoms with Crippen LogP contribution in [-0.4, -0.2) is 5.78 Å². The number of carbonyl (C=O) groups is 1. The van der Waals surface area contributed by atoms with Gasteiger partial charge < -0.3 is 0 Å². The van der Waals surface area contributed by atoms with Crippen LogP contribution in [-0.2, 0) is 0 Å². The van der Waals surface area contributed by atoms with Crippen molar-refractivity contribution in [3.05, 3.63) is 130 Å². The van der Waals surface area contributed by atoms with Gasteiger partial charge in [-0.2, -0.15) is 5.26 Å². The maximum absolute atomic E-state index is 13.6. The molecule has 0 saturated carbocycles. The molecule has 0 amide bonds. The molecule has 0 spiro atoms. The Morgan fingerprint density at radius 1 is 0.765 bits per heavy atom. The van der Waals surface area contributed by atoms with E-state index in [1.54, 1.807) is 0 Å². The van der Waals surface area contributed by atoms with Crippen LogP contribution in [0.15, 0.2) is 114 Å². The minimum Gasteiger partial charge on any atom is -0.294 e. The van der Waals surface area contributed by atoms with E-state index in [2.05, 4.69) is 40.2 Å². The number of nitrogens with zero attached hydrogens (tertiary/aromatic N) is 1. The summed E-state index contributed by atoms with van der Waals surface area (Å²) in [6, 6.07) is 38.5. The summed E-state index contributed by atoms with van der Waals surface area (Å²) in [7, 11) is 0. The number of Topliss-reactive ketones (excluding diaryl/α,β-unsaturated/α-hetero) is 1. The molecule has 5 aromatic rings. The molecule has 34 heavy (non-hydrogen) atoms. The van der Waals surface area contributed by atoms with Crippen molar-refractivity contribution in [1.82, 2.24) is 0 Å². The van der Waals surface area contributed by atoms with Crippen LogP contribution in [0.5, 0.6) is 0 Å². The number of hydrogen-bond donors (Lipinski definition) is 0. The third-order valence-corrected chi connectivity index (χ3v) is 6.95. The monoisotopic (exact) mass is 503 g/mol. The molecule has 2 atom stereocenters. The second kappa shape index (κ2) is 9.63. The van der Waals surface area contributed by atoms with E-state index in [0.29, 0.717) is 5.56 Å². The van der Waals surface area contributed by atoms with Crippen molar-refractivity contribution in [3.63, 3.8) is 0 Å². The van der Waals surface area contributed by atoms with Gasteiger partial charge in [0.1, 0.15) is 0 Å². The van der Waals surface area contributed by atoms with E-state index in [1.165, 1.54) is 0 Å². The zero-order valence-electron chi connectivity index (χ0n) is 18.5. The molecule has 2 unspecified atom stereocenters. The molecular weight excluding hydrogens is 482 g/mol. The lowest BCUT2D eigenvalue weighted by atomic mass is 9.77. The molecule has 0 saturated heterocycles. The molecule has 0 aromatic heterocycles. The highest BCUT2D eigenvalue weighted by Gasteiger charge is 2.29. The van der Waals surface area contributed by atoms with Crippen molar-refractivity contribution in [2.75, 3.05) is 0 Å². The lowest BCUT2D eigenvalue weighted by Crippen LogP contribution is -2.15. The molecule has 0 radical (unpaired) electrons. The number of ketones is 1. The Morgan fingerprint density at radius 2 is 1.47 bits per heavy atom. The van der Waals surface area contributed by atoms with E-state index in [0.717, 1.165) is 37.1 Å². The quantitative estimate of drug-likeness (QED) is 0.218. The normalized spacial score (nSPS) is 12.8. The number of hydrogen-bond acceptors (Lipinski definition) is 2. The molecule has 164 valence electrons. The van der Waals surface area contributed by atoms with Crippen LogP contribution in [0, 0.1) is 11.3 Å². The first-order chi connectivity index (χ1) is 16.6. The average Bonchev–Trinajstić information content (AvgIpc) is 2.88. The first-order valence-electron chi connectivity index (χ1n) is 11.3. The Bertz CT molecular complexity index is 1540. The molecule has 0 N–H and O–H groups in total. The van der Waals surface area contributed by atoms with E-state index in [1.807, 2.05) is 91.0 Å². The smallest absolute Gasteiger partial charge is 0.163 e. The van der Waals surface area contributed by atoms with Gasteiger partial charge in [0, 0.05) is 22.4 Å². The molecule has 0 fully saturated rings. The highest BCUT2D eigenvalue weighted by atomic mass is 79.9. The van der Waals surface area contributed by atoms with Gasteiger partial charge in [0.25, 0.3) is 0 Å². The molecule has 0 aliphatic rings. The summed E-state index contributed by atoms with van der Waals surface area (Å²) in [5.74, 6) is -0.715. The van der Waals surface area contributed by atoms with Gasteiger partial charge in [-0.1, -0.05) is 107 Å². The highest BCUT2D eigenvalue weighted by molar-refractivity contribution is 9.10. The molecule has 0 heterocycles. The van der Waals surface area contributed by atoms with E-state index < -0.39 is 5.92 Å². The van der Waals surface area contributed by atoms with Crippen molar-refractivity contribution in [2.45, 2.75) is 18.3 Å². The fraction of sp³-hybridized carbons (Fsp3) is 0.0968. The standard InChI is InChI=1S/C31H22BrNO/c32-26-12-5-11-24(18-26)29(19-31(34)25-16-15-21-7-1-2-9-23(21)17-25)30(20-33)28-14-6-10-22-8-3-4-13-27(22)28/h1-18,29-30H,19H2. The maximum atomic E-state index is 13.6. The highest BCUT2D eigenvalue weighted by Crippen LogP contribution is 2.40. The molecule has 3 heteroatoms. The summed E-state index contributed by atoms with van der Waals surface area (Å²) in [4.78, 5) is 13.6.